The number of rotatable bonds is 3. The smallest absolute Gasteiger partial charge is 0.156 e. The summed E-state index contributed by atoms with van der Waals surface area (Å²) in [6.07, 6.45) is 0. The van der Waals surface area contributed by atoms with Gasteiger partial charge in [-0.3, -0.25) is 0 Å². The van der Waals surface area contributed by atoms with E-state index in [0.29, 0.717) is 0 Å². The van der Waals surface area contributed by atoms with Crippen molar-refractivity contribution in [2.24, 2.45) is 11.8 Å². The quantitative estimate of drug-likeness (QED) is 0.740. The fourth-order valence-corrected chi connectivity index (χ4v) is 1.52. The summed E-state index contributed by atoms with van der Waals surface area (Å²) in [5, 5.41) is 47.7. The van der Waals surface area contributed by atoms with Gasteiger partial charge < -0.3 is 5.11 Å². The summed E-state index contributed by atoms with van der Waals surface area (Å²) in [5.74, 6) is -3.43. The van der Waals surface area contributed by atoms with E-state index >= 15 is 0 Å². The molecule has 0 N–H and O–H groups in total. The molecule has 5 nitrogen and oxygen atoms in total. The molecule has 0 unspecified atom stereocenters. The standard InChI is InChI=1S/C14H8N4O/c15-6-11(7-16)13(12(8-17)9-18)14(19)10-4-2-1-3-5-10/h1-5,11-12,19H/p-1. The highest BCUT2D eigenvalue weighted by atomic mass is 16.3. The number of nitrogens with zero attached hydrogens (tertiary/aromatic N) is 4. The highest BCUT2D eigenvalue weighted by molar-refractivity contribution is 5.64. The molecule has 0 aliphatic heterocycles. The Kier molecular flexibility index (Phi) is 4.68. The fourth-order valence-electron chi connectivity index (χ4n) is 1.52. The van der Waals surface area contributed by atoms with Gasteiger partial charge in [0.25, 0.3) is 0 Å². The number of benzene rings is 1. The van der Waals surface area contributed by atoms with Crippen LogP contribution in [-0.2, 0) is 0 Å². The van der Waals surface area contributed by atoms with Gasteiger partial charge in [0.2, 0.25) is 0 Å². The summed E-state index contributed by atoms with van der Waals surface area (Å²) >= 11 is 0. The van der Waals surface area contributed by atoms with Crippen LogP contribution in [0.5, 0.6) is 0 Å². The van der Waals surface area contributed by atoms with Gasteiger partial charge in [-0.1, -0.05) is 36.1 Å². The van der Waals surface area contributed by atoms with Gasteiger partial charge in [0.1, 0.15) is 0 Å². The van der Waals surface area contributed by atoms with Gasteiger partial charge >= 0.3 is 0 Å². The van der Waals surface area contributed by atoms with Gasteiger partial charge in [-0.05, 0) is 11.1 Å². The van der Waals surface area contributed by atoms with E-state index in [4.69, 9.17) is 21.0 Å². The van der Waals surface area contributed by atoms with Crippen molar-refractivity contribution >= 4 is 5.76 Å². The lowest BCUT2D eigenvalue weighted by atomic mass is 9.88. The first-order chi connectivity index (χ1) is 9.19. The van der Waals surface area contributed by atoms with Crippen LogP contribution in [-0.4, -0.2) is 0 Å². The van der Waals surface area contributed by atoms with E-state index in [1.807, 2.05) is 0 Å². The van der Waals surface area contributed by atoms with E-state index in [1.165, 1.54) is 12.1 Å². The maximum atomic E-state index is 12.2. The third-order valence-corrected chi connectivity index (χ3v) is 2.44. The SMILES string of the molecule is N#CC(C#N)C(=C([O-])c1ccccc1)C(C#N)C#N. The molecule has 0 spiro atoms. The van der Waals surface area contributed by atoms with Crippen molar-refractivity contribution in [1.29, 1.82) is 21.0 Å². The number of nitriles is 4. The molecule has 0 amide bonds. The number of allylic oxidation sites excluding steroid dienone is 1. The predicted molar refractivity (Wildman–Crippen MR) is 62.8 cm³/mol. The molecule has 0 saturated heterocycles. The zero-order chi connectivity index (χ0) is 14.3. The normalized spacial score (nSPS) is 8.95. The summed E-state index contributed by atoms with van der Waals surface area (Å²) in [5.41, 5.74) is -0.0512. The molecule has 0 aromatic heterocycles. The van der Waals surface area contributed by atoms with Gasteiger partial charge in [-0.2, -0.15) is 21.0 Å². The average molecular weight is 247 g/mol. The van der Waals surface area contributed by atoms with Crippen molar-refractivity contribution in [2.75, 3.05) is 0 Å². The van der Waals surface area contributed by atoms with E-state index in [1.54, 1.807) is 42.5 Å². The van der Waals surface area contributed by atoms with E-state index in [-0.39, 0.29) is 11.1 Å². The molecule has 0 radical (unpaired) electrons. The predicted octanol–water partition coefficient (Wildman–Crippen LogP) is 1.08. The molecule has 0 aliphatic rings. The molecule has 0 bridgehead atoms. The van der Waals surface area contributed by atoms with Crippen molar-refractivity contribution in [3.63, 3.8) is 0 Å². The molecule has 1 aromatic carbocycles. The highest BCUT2D eigenvalue weighted by Gasteiger charge is 2.23. The van der Waals surface area contributed by atoms with Crippen LogP contribution in [0, 0.1) is 57.2 Å². The Labute approximate surface area is 110 Å². The van der Waals surface area contributed by atoms with Crippen LogP contribution >= 0.6 is 0 Å². The monoisotopic (exact) mass is 247 g/mol. The fraction of sp³-hybridized carbons (Fsp3) is 0.143. The van der Waals surface area contributed by atoms with Gasteiger partial charge in [0.05, 0.1) is 24.3 Å². The molecular weight excluding hydrogens is 240 g/mol. The highest BCUT2D eigenvalue weighted by Crippen LogP contribution is 2.26. The second-order valence-corrected chi connectivity index (χ2v) is 3.53. The van der Waals surface area contributed by atoms with Crippen molar-refractivity contribution < 1.29 is 5.11 Å². The largest absolute Gasteiger partial charge is 0.872 e. The maximum absolute atomic E-state index is 12.2. The Bertz CT molecular complexity index is 588. The molecule has 1 rings (SSSR count). The van der Waals surface area contributed by atoms with Crippen LogP contribution in [0.15, 0.2) is 35.9 Å². The Balaban J connectivity index is 3.50. The molecule has 0 saturated carbocycles. The first kappa shape index (κ1) is 13.8. The summed E-state index contributed by atoms with van der Waals surface area (Å²) in [4.78, 5) is 0. The molecule has 0 atom stereocenters. The molecule has 0 heterocycles. The molecule has 0 fully saturated rings. The van der Waals surface area contributed by atoms with Crippen LogP contribution in [0.2, 0.25) is 0 Å². The summed E-state index contributed by atoms with van der Waals surface area (Å²) in [7, 11) is 0. The van der Waals surface area contributed by atoms with Gasteiger partial charge in [0, 0.05) is 0 Å². The molecule has 90 valence electrons. The maximum Gasteiger partial charge on any atom is 0.156 e. The third-order valence-electron chi connectivity index (χ3n) is 2.44. The molecule has 1 aromatic rings. The average Bonchev–Trinajstić information content (AvgIpc) is 2.48. The van der Waals surface area contributed by atoms with E-state index in [9.17, 15) is 5.11 Å². The minimum Gasteiger partial charge on any atom is -0.872 e. The van der Waals surface area contributed by atoms with Crippen molar-refractivity contribution in [1.82, 2.24) is 0 Å². The Morgan fingerprint density at radius 2 is 1.26 bits per heavy atom. The summed E-state index contributed by atoms with van der Waals surface area (Å²) < 4.78 is 0. The molecular formula is C14H7N4O-. The Morgan fingerprint density at radius 1 is 0.842 bits per heavy atom. The van der Waals surface area contributed by atoms with Crippen LogP contribution < -0.4 is 5.11 Å². The van der Waals surface area contributed by atoms with E-state index in [2.05, 4.69) is 0 Å². The summed E-state index contributed by atoms with van der Waals surface area (Å²) in [6.45, 7) is 0. The topological polar surface area (TPSA) is 118 Å². The Hall–Kier alpha value is -3.28. The lowest BCUT2D eigenvalue weighted by Gasteiger charge is -2.20. The summed E-state index contributed by atoms with van der Waals surface area (Å²) in [6, 6.07) is 14.5. The van der Waals surface area contributed by atoms with Gasteiger partial charge in [-0.15, -0.1) is 0 Å². The van der Waals surface area contributed by atoms with Crippen LogP contribution in [0.25, 0.3) is 5.76 Å². The zero-order valence-corrected chi connectivity index (χ0v) is 9.74. The van der Waals surface area contributed by atoms with Crippen LogP contribution in [0.1, 0.15) is 5.56 Å². The minimum absolute atomic E-state index is 0.239. The van der Waals surface area contributed by atoms with Crippen molar-refractivity contribution in [3.8, 4) is 24.3 Å². The second-order valence-electron chi connectivity index (χ2n) is 3.53. The zero-order valence-electron chi connectivity index (χ0n) is 9.74. The van der Waals surface area contributed by atoms with Gasteiger partial charge in [0.15, 0.2) is 11.8 Å². The Morgan fingerprint density at radius 3 is 1.63 bits per heavy atom. The minimum atomic E-state index is -1.41. The van der Waals surface area contributed by atoms with Crippen LogP contribution in [0.4, 0.5) is 0 Å². The van der Waals surface area contributed by atoms with Crippen LogP contribution in [0.3, 0.4) is 0 Å². The van der Waals surface area contributed by atoms with E-state index < -0.39 is 17.6 Å². The van der Waals surface area contributed by atoms with Crippen molar-refractivity contribution in [3.05, 3.63) is 41.5 Å². The first-order valence-corrected chi connectivity index (χ1v) is 5.24. The first-order valence-electron chi connectivity index (χ1n) is 5.24. The number of hydrogen-bond acceptors (Lipinski definition) is 5. The number of hydrogen-bond donors (Lipinski definition) is 0. The van der Waals surface area contributed by atoms with E-state index in [0.717, 1.165) is 0 Å². The molecule has 5 heteroatoms. The molecule has 19 heavy (non-hydrogen) atoms. The third kappa shape index (κ3) is 2.89. The van der Waals surface area contributed by atoms with Crippen molar-refractivity contribution in [2.45, 2.75) is 0 Å². The second kappa shape index (κ2) is 6.45. The lowest BCUT2D eigenvalue weighted by molar-refractivity contribution is -0.245. The lowest BCUT2D eigenvalue weighted by Crippen LogP contribution is -2.17. The van der Waals surface area contributed by atoms with Gasteiger partial charge in [-0.25, -0.2) is 0 Å². The molecule has 0 aliphatic carbocycles.